The van der Waals surface area contributed by atoms with Gasteiger partial charge in [-0.15, -0.1) is 0 Å². The number of benzene rings is 1. The molecule has 0 aliphatic carbocycles. The standard InChI is InChI=1S/C18H22N2O5/c1-12(21)19-9-8-13-11-20(17(22)4-3-5-18(23)24)16-7-6-14(25-2)10-15(13)16/h6-7,10-11H,3-5,8-9H2,1-2H3,(H,19,21)(H,23,24). The Morgan fingerprint density at radius 3 is 2.64 bits per heavy atom. The summed E-state index contributed by atoms with van der Waals surface area (Å²) < 4.78 is 6.81. The molecule has 2 aromatic rings. The summed E-state index contributed by atoms with van der Waals surface area (Å²) in [6.45, 7) is 1.93. The lowest BCUT2D eigenvalue weighted by atomic mass is 10.1. The number of nitrogens with zero attached hydrogens (tertiary/aromatic N) is 1. The Bertz CT molecular complexity index is 794. The van der Waals surface area contributed by atoms with E-state index in [0.29, 0.717) is 25.1 Å². The van der Waals surface area contributed by atoms with Crippen molar-refractivity contribution in [3.05, 3.63) is 30.0 Å². The van der Waals surface area contributed by atoms with E-state index in [1.165, 1.54) is 6.92 Å². The van der Waals surface area contributed by atoms with Gasteiger partial charge in [-0.3, -0.25) is 19.0 Å². The normalized spacial score (nSPS) is 10.6. The van der Waals surface area contributed by atoms with Gasteiger partial charge in [0.1, 0.15) is 5.75 Å². The second-order valence-corrected chi connectivity index (χ2v) is 5.78. The van der Waals surface area contributed by atoms with Gasteiger partial charge in [0.2, 0.25) is 11.8 Å². The quantitative estimate of drug-likeness (QED) is 0.764. The van der Waals surface area contributed by atoms with E-state index in [0.717, 1.165) is 16.5 Å². The van der Waals surface area contributed by atoms with E-state index in [2.05, 4.69) is 5.32 Å². The first-order valence-corrected chi connectivity index (χ1v) is 8.09. The highest BCUT2D eigenvalue weighted by molar-refractivity contribution is 5.95. The summed E-state index contributed by atoms with van der Waals surface area (Å²) in [5, 5.41) is 12.3. The third-order valence-corrected chi connectivity index (χ3v) is 3.91. The van der Waals surface area contributed by atoms with Gasteiger partial charge in [-0.1, -0.05) is 0 Å². The van der Waals surface area contributed by atoms with Crippen LogP contribution < -0.4 is 10.1 Å². The van der Waals surface area contributed by atoms with Gasteiger partial charge in [-0.05, 0) is 36.6 Å². The van der Waals surface area contributed by atoms with Crippen LogP contribution in [0.5, 0.6) is 5.75 Å². The predicted molar refractivity (Wildman–Crippen MR) is 93.0 cm³/mol. The van der Waals surface area contributed by atoms with Crippen molar-refractivity contribution in [3.63, 3.8) is 0 Å². The zero-order valence-electron chi connectivity index (χ0n) is 14.4. The van der Waals surface area contributed by atoms with Crippen LogP contribution in [-0.2, 0) is 16.0 Å². The van der Waals surface area contributed by atoms with Crippen molar-refractivity contribution in [3.8, 4) is 5.75 Å². The van der Waals surface area contributed by atoms with Crippen molar-refractivity contribution in [2.24, 2.45) is 0 Å². The first kappa shape index (κ1) is 18.5. The lowest BCUT2D eigenvalue weighted by Gasteiger charge is -2.04. The summed E-state index contributed by atoms with van der Waals surface area (Å²) >= 11 is 0. The third kappa shape index (κ3) is 4.82. The topological polar surface area (TPSA) is 97.6 Å². The number of amides is 1. The van der Waals surface area contributed by atoms with Crippen LogP contribution in [0.1, 0.15) is 36.5 Å². The molecule has 0 bridgehead atoms. The fourth-order valence-corrected chi connectivity index (χ4v) is 2.69. The molecule has 1 aromatic carbocycles. The summed E-state index contributed by atoms with van der Waals surface area (Å²) in [5.74, 6) is -0.483. The third-order valence-electron chi connectivity index (χ3n) is 3.91. The Morgan fingerprint density at radius 2 is 2.00 bits per heavy atom. The van der Waals surface area contributed by atoms with Crippen LogP contribution in [0, 0.1) is 0 Å². The number of carboxylic acids is 1. The van der Waals surface area contributed by atoms with Gasteiger partial charge in [-0.2, -0.15) is 0 Å². The largest absolute Gasteiger partial charge is 0.497 e. The first-order valence-electron chi connectivity index (χ1n) is 8.09. The van der Waals surface area contributed by atoms with Crippen molar-refractivity contribution >= 4 is 28.7 Å². The molecule has 0 radical (unpaired) electrons. The zero-order chi connectivity index (χ0) is 18.4. The molecule has 0 aliphatic heterocycles. The van der Waals surface area contributed by atoms with Crippen LogP contribution in [0.3, 0.4) is 0 Å². The number of nitrogens with one attached hydrogen (secondary N) is 1. The van der Waals surface area contributed by atoms with Gasteiger partial charge < -0.3 is 15.2 Å². The van der Waals surface area contributed by atoms with E-state index in [1.54, 1.807) is 23.9 Å². The summed E-state index contributed by atoms with van der Waals surface area (Å²) in [6, 6.07) is 5.45. The first-order chi connectivity index (χ1) is 11.9. The van der Waals surface area contributed by atoms with Crippen LogP contribution in [0.25, 0.3) is 10.9 Å². The lowest BCUT2D eigenvalue weighted by Crippen LogP contribution is -2.22. The molecule has 0 aliphatic rings. The Hall–Kier alpha value is -2.83. The summed E-state index contributed by atoms with van der Waals surface area (Å²) in [6.07, 6.45) is 2.76. The van der Waals surface area contributed by atoms with Gasteiger partial charge in [0, 0.05) is 37.9 Å². The minimum Gasteiger partial charge on any atom is -0.497 e. The molecule has 1 heterocycles. The molecule has 1 aromatic heterocycles. The Labute approximate surface area is 145 Å². The van der Waals surface area contributed by atoms with Crippen molar-refractivity contribution in [1.29, 1.82) is 0 Å². The van der Waals surface area contributed by atoms with Crippen LogP contribution in [0.4, 0.5) is 0 Å². The number of fused-ring (bicyclic) bond motifs is 1. The number of aliphatic carboxylic acids is 1. The average molecular weight is 346 g/mol. The van der Waals surface area contributed by atoms with Crippen molar-refractivity contribution in [2.75, 3.05) is 13.7 Å². The van der Waals surface area contributed by atoms with Gasteiger partial charge in [0.05, 0.1) is 12.6 Å². The highest BCUT2D eigenvalue weighted by atomic mass is 16.5. The molecule has 134 valence electrons. The van der Waals surface area contributed by atoms with E-state index in [-0.39, 0.29) is 24.7 Å². The minimum absolute atomic E-state index is 0.0336. The second-order valence-electron chi connectivity index (χ2n) is 5.78. The minimum atomic E-state index is -0.911. The molecule has 7 heteroatoms. The summed E-state index contributed by atoms with van der Waals surface area (Å²) in [4.78, 5) is 34.1. The molecule has 0 saturated heterocycles. The van der Waals surface area contributed by atoms with Crippen molar-refractivity contribution in [1.82, 2.24) is 9.88 Å². The van der Waals surface area contributed by atoms with Gasteiger partial charge in [0.15, 0.2) is 0 Å². The molecule has 2 rings (SSSR count). The monoisotopic (exact) mass is 346 g/mol. The van der Waals surface area contributed by atoms with Crippen LogP contribution >= 0.6 is 0 Å². The molecule has 0 spiro atoms. The lowest BCUT2D eigenvalue weighted by molar-refractivity contribution is -0.137. The van der Waals surface area contributed by atoms with E-state index in [9.17, 15) is 14.4 Å². The van der Waals surface area contributed by atoms with E-state index in [1.807, 2.05) is 12.1 Å². The SMILES string of the molecule is COc1ccc2c(c1)c(CCNC(C)=O)cn2C(=O)CCCC(=O)O. The van der Waals surface area contributed by atoms with Crippen molar-refractivity contribution < 1.29 is 24.2 Å². The van der Waals surface area contributed by atoms with Gasteiger partial charge in [0.25, 0.3) is 0 Å². The fraction of sp³-hybridized carbons (Fsp3) is 0.389. The van der Waals surface area contributed by atoms with E-state index >= 15 is 0 Å². The highest BCUT2D eigenvalue weighted by Crippen LogP contribution is 2.27. The number of rotatable bonds is 8. The summed E-state index contributed by atoms with van der Waals surface area (Å²) in [7, 11) is 1.58. The fourth-order valence-electron chi connectivity index (χ4n) is 2.69. The maximum absolute atomic E-state index is 12.5. The number of carbonyl (C=O) groups is 3. The number of carbonyl (C=O) groups excluding carboxylic acids is 2. The average Bonchev–Trinajstić information content (AvgIpc) is 2.92. The van der Waals surface area contributed by atoms with Gasteiger partial charge >= 0.3 is 5.97 Å². The number of aromatic nitrogens is 1. The highest BCUT2D eigenvalue weighted by Gasteiger charge is 2.15. The van der Waals surface area contributed by atoms with Crippen LogP contribution in [0.15, 0.2) is 24.4 Å². The van der Waals surface area contributed by atoms with E-state index in [4.69, 9.17) is 9.84 Å². The molecular formula is C18H22N2O5. The van der Waals surface area contributed by atoms with Crippen molar-refractivity contribution in [2.45, 2.75) is 32.6 Å². The number of carboxylic acid groups (broad SMARTS) is 1. The van der Waals surface area contributed by atoms with E-state index < -0.39 is 5.97 Å². The second kappa shape index (κ2) is 8.32. The van der Waals surface area contributed by atoms with Gasteiger partial charge in [-0.25, -0.2) is 0 Å². The molecule has 7 nitrogen and oxygen atoms in total. The molecular weight excluding hydrogens is 324 g/mol. The molecule has 2 N–H and O–H groups in total. The predicted octanol–water partition coefficient (Wildman–Crippen LogP) is 2.22. The zero-order valence-corrected chi connectivity index (χ0v) is 14.4. The Kier molecular flexibility index (Phi) is 6.16. The number of ether oxygens (including phenoxy) is 1. The summed E-state index contributed by atoms with van der Waals surface area (Å²) in [5.41, 5.74) is 1.67. The molecule has 0 unspecified atom stereocenters. The number of hydrogen-bond acceptors (Lipinski definition) is 4. The molecule has 25 heavy (non-hydrogen) atoms. The molecule has 0 saturated carbocycles. The van der Waals surface area contributed by atoms with Crippen LogP contribution in [0.2, 0.25) is 0 Å². The maximum atomic E-state index is 12.5. The number of methoxy groups -OCH3 is 1. The number of hydrogen-bond donors (Lipinski definition) is 2. The molecule has 1 amide bonds. The smallest absolute Gasteiger partial charge is 0.303 e. The molecule has 0 atom stereocenters. The Morgan fingerprint density at radius 1 is 1.24 bits per heavy atom. The Balaban J connectivity index is 2.28. The molecule has 0 fully saturated rings. The maximum Gasteiger partial charge on any atom is 0.303 e. The van der Waals surface area contributed by atoms with Crippen LogP contribution in [-0.4, -0.2) is 41.1 Å².